The molecule has 0 radical (unpaired) electrons. The van der Waals surface area contributed by atoms with E-state index >= 15 is 0 Å². The van der Waals surface area contributed by atoms with Crippen LogP contribution in [-0.2, 0) is 35.5 Å². The van der Waals surface area contributed by atoms with Crippen LogP contribution in [0.25, 0.3) is 120 Å². The van der Waals surface area contributed by atoms with Crippen LogP contribution < -0.4 is 14.8 Å². The Morgan fingerprint density at radius 3 is 1.42 bits per heavy atom. The Balaban J connectivity index is 0.776. The third-order valence-corrected chi connectivity index (χ3v) is 31.0. The predicted molar refractivity (Wildman–Crippen MR) is 488 cm³/mol. The summed E-state index contributed by atoms with van der Waals surface area (Å²) in [4.78, 5) is 43.3. The van der Waals surface area contributed by atoms with Crippen LogP contribution in [0.15, 0.2) is 120 Å². The average Bonchev–Trinajstić information content (AvgIpc) is 1.58. The molecule has 1 aliphatic heterocycles. The molecule has 2 aliphatic rings. The number of aromatic nitrogens is 3. The largest absolute Gasteiger partial charge is 0.506 e. The first kappa shape index (κ1) is 79.8. The zero-order valence-electron chi connectivity index (χ0n) is 67.4. The number of carbonyl (C=O) groups excluding carboxylic acids is 2. The van der Waals surface area contributed by atoms with Crippen LogP contribution in [0.4, 0.5) is 5.69 Å². The van der Waals surface area contributed by atoms with Crippen LogP contribution in [0.1, 0.15) is 256 Å². The number of rotatable bonds is 45. The van der Waals surface area contributed by atoms with E-state index < -0.39 is 11.6 Å². The van der Waals surface area contributed by atoms with Gasteiger partial charge in [0.1, 0.15) is 23.8 Å². The molecule has 0 spiro atoms. The predicted octanol–water partition coefficient (Wildman–Crippen LogP) is 29.9. The Kier molecular flexibility index (Phi) is 26.7. The van der Waals surface area contributed by atoms with Crippen molar-refractivity contribution in [2.24, 2.45) is 0 Å². The van der Waals surface area contributed by atoms with E-state index in [-0.39, 0.29) is 16.9 Å². The van der Waals surface area contributed by atoms with Crippen molar-refractivity contribution in [3.8, 4) is 51.9 Å². The van der Waals surface area contributed by atoms with Crippen molar-refractivity contribution in [3.63, 3.8) is 0 Å². The van der Waals surface area contributed by atoms with Crippen molar-refractivity contribution in [2.75, 3.05) is 19.8 Å². The van der Waals surface area contributed by atoms with Gasteiger partial charge in [-0.1, -0.05) is 226 Å². The van der Waals surface area contributed by atoms with Gasteiger partial charge in [-0.05, 0) is 135 Å². The highest BCUT2D eigenvalue weighted by molar-refractivity contribution is 7.32. The number of H-pyrrole nitrogens is 1. The Labute approximate surface area is 687 Å². The van der Waals surface area contributed by atoms with Gasteiger partial charge >= 0.3 is 0 Å². The minimum absolute atomic E-state index is 0.00218. The highest BCUT2D eigenvalue weighted by Crippen LogP contribution is 2.54. The smallest absolute Gasteiger partial charge is 0.237 e. The number of hydrogen-bond donors (Lipinski definition) is 2. The standard InChI is InChI=1S/C97H114N4O5S6/c1-8-15-22-29-30-35-50-99-75-49-47-66(84-62-82(106-54-37-28-21-14-7)97(110-84)86-60-80-95(112-86)93-78(101(80)52-34-26-19-12-5)56-64(108-93)41-32-24-17-10-3)68-43-39-45-70(88(68)75)76(99)58-72-89(102)71(90(103)91(72)104)57-74-69-44-38-42-67-65(46-48-73(98-74)87(67)69)83-61-81(105-53-36-27-20-13-6)96(109-83)85-59-79-94(111-85)92-77(100(79)51-33-25-18-11-4)55-63(107-92)40-31-23-16-9-2/h38-39,42-49,55-62H,8-37,40-41,50-54H2,1-7H3,(H,102,104)/p+1. The highest BCUT2D eigenvalue weighted by Gasteiger charge is 2.40. The lowest BCUT2D eigenvalue weighted by molar-refractivity contribution is -0.436. The Hall–Kier alpha value is -7.37. The highest BCUT2D eigenvalue weighted by atomic mass is 32.1. The van der Waals surface area contributed by atoms with Gasteiger partial charge in [-0.2, -0.15) is 4.58 Å². The van der Waals surface area contributed by atoms with Crippen LogP contribution in [0.3, 0.4) is 0 Å². The van der Waals surface area contributed by atoms with Crippen molar-refractivity contribution in [2.45, 2.75) is 267 Å². The van der Waals surface area contributed by atoms with Gasteiger partial charge in [0.05, 0.1) is 95.7 Å². The summed E-state index contributed by atoms with van der Waals surface area (Å²) in [6.07, 6.45) is 41.6. The number of benzene rings is 4. The van der Waals surface area contributed by atoms with Crippen molar-refractivity contribution < 1.29 is 28.7 Å². The fourth-order valence-corrected chi connectivity index (χ4v) is 24.8. The first-order valence-corrected chi connectivity index (χ1v) is 48.1. The monoisotopic (exact) mass is 1610 g/mol. The first-order valence-electron chi connectivity index (χ1n) is 43.2. The molecule has 0 amide bonds. The van der Waals surface area contributed by atoms with E-state index in [4.69, 9.17) is 9.47 Å². The molecular formula is C97H115N4O5S6+. The summed E-state index contributed by atoms with van der Waals surface area (Å²) < 4.78 is 27.1. The van der Waals surface area contributed by atoms with Crippen LogP contribution in [-0.4, -0.2) is 60.8 Å². The third kappa shape index (κ3) is 16.6. The number of aromatic amines is 1. The molecule has 9 nitrogen and oxygen atoms in total. The lowest BCUT2D eigenvalue weighted by atomic mass is 9.96. The van der Waals surface area contributed by atoms with Crippen molar-refractivity contribution in [3.05, 3.63) is 141 Å². The first-order chi connectivity index (χ1) is 55.1. The van der Waals surface area contributed by atoms with Crippen LogP contribution in [0, 0.1) is 0 Å². The lowest BCUT2D eigenvalue weighted by Gasteiger charge is -2.07. The number of ketones is 2. The normalized spacial score (nSPS) is 14.0. The Bertz CT molecular complexity index is 5660. The average molecular weight is 1610 g/mol. The summed E-state index contributed by atoms with van der Waals surface area (Å²) in [5.41, 5.74) is 11.6. The SMILES string of the molecule is CCCCCCCC[N+]1=C(/C=C2\C(=O)C(=O)C(/C=c3/[nH]c4ccc(-c5cc(OCCCCCC)c(-c6cc7c(s6)c6sc(CCCCCC)cc6n7CCCCCC)s5)c5cccc3c45)=C2O)c2cccc3c(-c4cc(OCCCCCC)c(-c5cc6c(s5)c5sc(CCCCCC)cc5n6CCCCCC)s4)ccc1c23. The molecule has 15 rings (SSSR count). The number of nitrogens with one attached hydrogen (secondary N) is 1. The minimum atomic E-state index is -0.711. The van der Waals surface area contributed by atoms with E-state index in [2.05, 4.69) is 164 Å². The van der Waals surface area contributed by atoms with Gasteiger partial charge in [-0.15, -0.1) is 68.0 Å². The van der Waals surface area contributed by atoms with Gasteiger partial charge in [0.15, 0.2) is 0 Å². The van der Waals surface area contributed by atoms with Crippen LogP contribution >= 0.6 is 68.0 Å². The number of aliphatic hydroxyl groups excluding tert-OH is 1. The molecule has 0 saturated carbocycles. The molecule has 0 atom stereocenters. The number of nitrogens with zero attached hydrogens (tertiary/aromatic N) is 3. The molecule has 2 N–H and O–H groups in total. The van der Waals surface area contributed by atoms with E-state index in [1.165, 1.54) is 218 Å². The van der Waals surface area contributed by atoms with Gasteiger partial charge in [0.25, 0.3) is 0 Å². The maximum atomic E-state index is 14.8. The van der Waals surface area contributed by atoms with E-state index in [0.717, 1.165) is 159 Å². The molecular weight excluding hydrogens is 1490 g/mol. The Morgan fingerprint density at radius 2 is 0.875 bits per heavy atom. The second kappa shape index (κ2) is 37.5. The van der Waals surface area contributed by atoms with E-state index in [0.29, 0.717) is 18.6 Å². The number of unbranched alkanes of at least 4 members (excludes halogenated alkanes) is 23. The quantitative estimate of drug-likeness (QED) is 0.0171. The molecule has 4 aromatic carbocycles. The zero-order chi connectivity index (χ0) is 77.2. The van der Waals surface area contributed by atoms with Crippen molar-refractivity contribution in [1.82, 2.24) is 14.1 Å². The number of allylic oxidation sites excluding steroid dienone is 3. The number of Topliss-reactive ketones (excluding diaryl/α,β-unsaturated/α-hetero) is 2. The number of carbonyl (C=O) groups is 2. The zero-order valence-corrected chi connectivity index (χ0v) is 72.3. The molecule has 588 valence electrons. The fraction of sp³-hybridized carbons (Fsp3) is 0.454. The molecule has 10 heterocycles. The van der Waals surface area contributed by atoms with E-state index in [1.807, 2.05) is 74.1 Å². The molecule has 112 heavy (non-hydrogen) atoms. The molecule has 9 aromatic heterocycles. The molecule has 13 aromatic rings. The number of aliphatic hydroxyl groups is 1. The van der Waals surface area contributed by atoms with E-state index in [1.54, 1.807) is 6.08 Å². The molecule has 1 aliphatic carbocycles. The van der Waals surface area contributed by atoms with Gasteiger partial charge in [0, 0.05) is 78.4 Å². The number of fused-ring (bicyclic) bond motifs is 6. The second-order valence-corrected chi connectivity index (χ2v) is 38.2. The van der Waals surface area contributed by atoms with Gasteiger partial charge in [-0.25, -0.2) is 0 Å². The van der Waals surface area contributed by atoms with Crippen LogP contribution in [0.2, 0.25) is 0 Å². The summed E-state index contributed by atoms with van der Waals surface area (Å²) >= 11 is 11.5. The number of aryl methyl sites for hydroxylation is 4. The summed E-state index contributed by atoms with van der Waals surface area (Å²) in [5, 5.41) is 18.5. The van der Waals surface area contributed by atoms with Gasteiger partial charge < -0.3 is 28.7 Å². The number of ether oxygens (including phenoxy) is 2. The lowest BCUT2D eigenvalue weighted by Crippen LogP contribution is -2.16. The number of hydrogen-bond acceptors (Lipinski definition) is 11. The summed E-state index contributed by atoms with van der Waals surface area (Å²) in [6.45, 7) is 20.1. The van der Waals surface area contributed by atoms with Crippen molar-refractivity contribution in [1.29, 1.82) is 0 Å². The molecule has 0 unspecified atom stereocenters. The molecule has 0 fully saturated rings. The molecule has 0 saturated heterocycles. The summed E-state index contributed by atoms with van der Waals surface area (Å²) in [6, 6.07) is 36.4. The van der Waals surface area contributed by atoms with Crippen LogP contribution in [0.5, 0.6) is 11.5 Å². The molecule has 15 heteroatoms. The van der Waals surface area contributed by atoms with Gasteiger partial charge in [0.2, 0.25) is 23.0 Å². The Morgan fingerprint density at radius 1 is 0.420 bits per heavy atom. The van der Waals surface area contributed by atoms with Crippen molar-refractivity contribution >= 4 is 170 Å². The summed E-state index contributed by atoms with van der Waals surface area (Å²) in [7, 11) is 0. The maximum absolute atomic E-state index is 14.8. The van der Waals surface area contributed by atoms with Gasteiger partial charge in [-0.3, -0.25) is 9.59 Å². The second-order valence-electron chi connectivity index (χ2n) is 31.7. The fourth-order valence-electron chi connectivity index (χ4n) is 17.3. The number of thiophene rings is 6. The molecule has 0 bridgehead atoms. The third-order valence-electron chi connectivity index (χ3n) is 23.4. The topological polar surface area (TPSA) is 101 Å². The maximum Gasteiger partial charge on any atom is 0.237 e. The summed E-state index contributed by atoms with van der Waals surface area (Å²) in [5.74, 6) is 0.185. The van der Waals surface area contributed by atoms with E-state index in [9.17, 15) is 14.7 Å². The minimum Gasteiger partial charge on any atom is -0.506 e.